The van der Waals surface area contributed by atoms with Crippen LogP contribution >= 0.6 is 0 Å². The first kappa shape index (κ1) is 10.1. The van der Waals surface area contributed by atoms with E-state index >= 15 is 0 Å². The Morgan fingerprint density at radius 1 is 1.38 bits per heavy atom. The van der Waals surface area contributed by atoms with Crippen molar-refractivity contribution in [3.05, 3.63) is 30.3 Å². The Hall–Kier alpha value is -0.940. The lowest BCUT2D eigenvalue weighted by Gasteiger charge is -2.04. The lowest BCUT2D eigenvalue weighted by atomic mass is 10.3. The van der Waals surface area contributed by atoms with E-state index in [1.54, 1.807) is 30.3 Å². The zero-order chi connectivity index (χ0) is 9.68. The molecule has 1 aromatic rings. The molecule has 0 heterocycles. The molecule has 0 N–H and O–H groups in total. The second-order valence-corrected chi connectivity index (χ2v) is 3.01. The molecule has 0 fully saturated rings. The van der Waals surface area contributed by atoms with Crippen LogP contribution in [0.1, 0.15) is 6.92 Å². The Bertz CT molecular complexity index is 276. The third kappa shape index (κ3) is 4.00. The van der Waals surface area contributed by atoms with Crippen molar-refractivity contribution in [2.24, 2.45) is 0 Å². The van der Waals surface area contributed by atoms with E-state index < -0.39 is 17.7 Å². The maximum absolute atomic E-state index is 12.2. The number of benzene rings is 1. The fourth-order valence-corrected chi connectivity index (χ4v) is 1.21. The summed E-state index contributed by atoms with van der Waals surface area (Å²) in [5.74, 6) is 0.376. The van der Waals surface area contributed by atoms with Gasteiger partial charge in [-0.3, -0.25) is 0 Å². The Kier molecular flexibility index (Phi) is 3.85. The zero-order valence-electron chi connectivity index (χ0n) is 6.98. The topological polar surface area (TPSA) is 35.5 Å². The first-order chi connectivity index (χ1) is 6.18. The molecule has 0 aliphatic heterocycles. The molecule has 1 rings (SSSR count). The molecule has 2 unspecified atom stereocenters. The van der Waals surface area contributed by atoms with E-state index in [1.807, 2.05) is 0 Å². The molecular weight excluding hydrogens is 195 g/mol. The van der Waals surface area contributed by atoms with E-state index in [1.165, 1.54) is 0 Å². The molecule has 0 aromatic heterocycles. The van der Waals surface area contributed by atoms with E-state index in [0.29, 0.717) is 5.75 Å². The molecule has 0 amide bonds. The molecule has 0 aliphatic rings. The average molecular weight is 204 g/mol. The maximum Gasteiger partial charge on any atom is 0.363 e. The average Bonchev–Trinajstić information content (AvgIpc) is 2.04. The summed E-state index contributed by atoms with van der Waals surface area (Å²) in [5.41, 5.74) is 0. The maximum atomic E-state index is 12.2. The number of para-hydroxylation sites is 1. The van der Waals surface area contributed by atoms with Gasteiger partial charge in [0.25, 0.3) is 0 Å². The molecule has 72 valence electrons. The van der Waals surface area contributed by atoms with Crippen LogP contribution in [0.3, 0.4) is 0 Å². The fourth-order valence-electron chi connectivity index (χ4n) is 0.683. The summed E-state index contributed by atoms with van der Waals surface area (Å²) in [6.45, 7) is 1.13. The highest BCUT2D eigenvalue weighted by Gasteiger charge is 2.07. The minimum absolute atomic E-state index is 0.376. The van der Waals surface area contributed by atoms with E-state index in [-0.39, 0.29) is 0 Å². The summed E-state index contributed by atoms with van der Waals surface area (Å²) < 4.78 is 32.0. The molecule has 1 aromatic carbocycles. The SMILES string of the molecule is CC(F)OS(=O)Oc1ccccc1. The van der Waals surface area contributed by atoms with Gasteiger partial charge in [-0.1, -0.05) is 18.2 Å². The predicted octanol–water partition coefficient (Wildman–Crippen LogP) is 1.98. The highest BCUT2D eigenvalue weighted by molar-refractivity contribution is 7.75. The van der Waals surface area contributed by atoms with Crippen LogP contribution in [0, 0.1) is 0 Å². The second-order valence-electron chi connectivity index (χ2n) is 2.24. The van der Waals surface area contributed by atoms with E-state index in [9.17, 15) is 8.60 Å². The zero-order valence-corrected chi connectivity index (χ0v) is 7.79. The Morgan fingerprint density at radius 3 is 2.54 bits per heavy atom. The Balaban J connectivity index is 2.46. The van der Waals surface area contributed by atoms with Gasteiger partial charge in [0.2, 0.25) is 6.36 Å². The molecule has 0 saturated heterocycles. The van der Waals surface area contributed by atoms with Crippen LogP contribution in [0.5, 0.6) is 5.75 Å². The van der Waals surface area contributed by atoms with Crippen LogP contribution in [-0.4, -0.2) is 10.6 Å². The summed E-state index contributed by atoms with van der Waals surface area (Å²) in [6, 6.07) is 8.42. The van der Waals surface area contributed by atoms with Crippen LogP contribution in [-0.2, 0) is 15.5 Å². The largest absolute Gasteiger partial charge is 0.380 e. The van der Waals surface area contributed by atoms with Gasteiger partial charge in [-0.05, 0) is 19.1 Å². The lowest BCUT2D eigenvalue weighted by molar-refractivity contribution is 0.0923. The normalized spacial score (nSPS) is 14.9. The van der Waals surface area contributed by atoms with Crippen molar-refractivity contribution in [3.63, 3.8) is 0 Å². The molecule has 0 saturated carbocycles. The van der Waals surface area contributed by atoms with Gasteiger partial charge in [-0.15, -0.1) is 0 Å². The van der Waals surface area contributed by atoms with Crippen molar-refractivity contribution < 1.29 is 17.0 Å². The van der Waals surface area contributed by atoms with Gasteiger partial charge in [0.05, 0.1) is 0 Å². The van der Waals surface area contributed by atoms with Gasteiger partial charge in [0, 0.05) is 0 Å². The Labute approximate surface area is 78.3 Å². The third-order valence-corrected chi connectivity index (χ3v) is 1.87. The summed E-state index contributed by atoms with van der Waals surface area (Å²) in [6.07, 6.45) is -1.61. The first-order valence-electron chi connectivity index (χ1n) is 3.65. The molecular formula is C8H9FO3S. The van der Waals surface area contributed by atoms with Crippen LogP contribution in [0.2, 0.25) is 0 Å². The van der Waals surface area contributed by atoms with Gasteiger partial charge in [0.1, 0.15) is 5.75 Å². The minimum atomic E-state index is -2.08. The van der Waals surface area contributed by atoms with Gasteiger partial charge < -0.3 is 4.18 Å². The first-order valence-corrected chi connectivity index (χ1v) is 4.65. The molecule has 2 atom stereocenters. The molecule has 5 heteroatoms. The monoisotopic (exact) mass is 204 g/mol. The summed E-state index contributed by atoms with van der Waals surface area (Å²) in [4.78, 5) is 0. The molecule has 0 radical (unpaired) electrons. The van der Waals surface area contributed by atoms with Gasteiger partial charge in [-0.2, -0.15) is 4.21 Å². The smallest absolute Gasteiger partial charge is 0.363 e. The standard InChI is InChI=1S/C8H9FO3S/c1-7(9)11-13(10)12-8-5-3-2-4-6-8/h2-7H,1H3. The van der Waals surface area contributed by atoms with E-state index in [4.69, 9.17) is 4.18 Å². The fraction of sp³-hybridized carbons (Fsp3) is 0.250. The number of hydrogen-bond acceptors (Lipinski definition) is 3. The number of hydrogen-bond donors (Lipinski definition) is 0. The number of halogens is 1. The van der Waals surface area contributed by atoms with E-state index in [2.05, 4.69) is 4.18 Å². The van der Waals surface area contributed by atoms with Gasteiger partial charge >= 0.3 is 11.4 Å². The quantitative estimate of drug-likeness (QED) is 0.752. The van der Waals surface area contributed by atoms with Crippen LogP contribution in [0.15, 0.2) is 30.3 Å². The molecule has 0 aliphatic carbocycles. The van der Waals surface area contributed by atoms with Crippen LogP contribution in [0.4, 0.5) is 4.39 Å². The summed E-state index contributed by atoms with van der Waals surface area (Å²) in [5, 5.41) is 0. The van der Waals surface area contributed by atoms with Gasteiger partial charge in [0.15, 0.2) is 0 Å². The highest BCUT2D eigenvalue weighted by atomic mass is 32.2. The second kappa shape index (κ2) is 4.94. The Morgan fingerprint density at radius 2 is 2.00 bits per heavy atom. The van der Waals surface area contributed by atoms with Crippen molar-refractivity contribution in [2.45, 2.75) is 13.3 Å². The number of rotatable bonds is 4. The highest BCUT2D eigenvalue weighted by Crippen LogP contribution is 2.11. The van der Waals surface area contributed by atoms with Crippen molar-refractivity contribution in [2.75, 3.05) is 0 Å². The molecule has 0 bridgehead atoms. The van der Waals surface area contributed by atoms with Gasteiger partial charge in [-0.25, -0.2) is 8.57 Å². The van der Waals surface area contributed by atoms with Crippen molar-refractivity contribution in [3.8, 4) is 5.75 Å². The van der Waals surface area contributed by atoms with Crippen LogP contribution in [0.25, 0.3) is 0 Å². The molecule has 13 heavy (non-hydrogen) atoms. The summed E-state index contributed by atoms with van der Waals surface area (Å²) >= 11 is -2.08. The molecule has 3 nitrogen and oxygen atoms in total. The number of alkyl halides is 1. The molecule has 0 spiro atoms. The van der Waals surface area contributed by atoms with Crippen molar-refractivity contribution in [1.82, 2.24) is 0 Å². The van der Waals surface area contributed by atoms with Crippen molar-refractivity contribution in [1.29, 1.82) is 0 Å². The lowest BCUT2D eigenvalue weighted by Crippen LogP contribution is -2.09. The summed E-state index contributed by atoms with van der Waals surface area (Å²) in [7, 11) is 0. The predicted molar refractivity (Wildman–Crippen MR) is 46.9 cm³/mol. The van der Waals surface area contributed by atoms with Crippen LogP contribution < -0.4 is 4.18 Å². The van der Waals surface area contributed by atoms with Crippen molar-refractivity contribution >= 4 is 11.4 Å². The van der Waals surface area contributed by atoms with E-state index in [0.717, 1.165) is 6.92 Å². The minimum Gasteiger partial charge on any atom is -0.380 e. The third-order valence-electron chi connectivity index (χ3n) is 1.12.